The maximum Gasteiger partial charge on any atom is 0.260 e. The number of rotatable bonds is 6. The van der Waals surface area contributed by atoms with Gasteiger partial charge in [0.25, 0.3) is 5.91 Å². The Kier molecular flexibility index (Phi) is 5.44. The normalized spacial score (nSPS) is 11.7. The lowest BCUT2D eigenvalue weighted by molar-refractivity contribution is 0.0983. The number of carbonyl (C=O) groups excluding carboxylic acids is 1. The summed E-state index contributed by atoms with van der Waals surface area (Å²) >= 11 is 1.42. The van der Waals surface area contributed by atoms with Gasteiger partial charge in [0.2, 0.25) is 0 Å². The first-order valence-electron chi connectivity index (χ1n) is 9.39. The summed E-state index contributed by atoms with van der Waals surface area (Å²) in [4.78, 5) is 19.8. The molecule has 0 radical (unpaired) electrons. The highest BCUT2D eigenvalue weighted by Gasteiger charge is 2.24. The number of hydrogen-bond acceptors (Lipinski definition) is 6. The molecule has 0 spiro atoms. The van der Waals surface area contributed by atoms with Gasteiger partial charge in [-0.2, -0.15) is 0 Å². The lowest BCUT2D eigenvalue weighted by Crippen LogP contribution is -2.30. The Morgan fingerprint density at radius 3 is 2.63 bits per heavy atom. The largest absolute Gasteiger partial charge is 0.467 e. The molecule has 2 heterocycles. The van der Waals surface area contributed by atoms with Gasteiger partial charge in [-0.3, -0.25) is 9.69 Å². The van der Waals surface area contributed by atoms with Crippen LogP contribution in [-0.2, 0) is 22.8 Å². The summed E-state index contributed by atoms with van der Waals surface area (Å²) in [5.41, 5.74) is 2.26. The number of aromatic nitrogens is 1. The molecule has 6 nitrogen and oxygen atoms in total. The molecule has 0 unspecified atom stereocenters. The predicted octanol–water partition coefficient (Wildman–Crippen LogP) is 4.70. The van der Waals surface area contributed by atoms with Crippen molar-refractivity contribution >= 4 is 42.4 Å². The van der Waals surface area contributed by atoms with Crippen molar-refractivity contribution in [2.75, 3.05) is 11.2 Å². The predicted molar refractivity (Wildman–Crippen MR) is 118 cm³/mol. The number of thiazole rings is 1. The molecule has 0 atom stereocenters. The molecule has 0 N–H and O–H groups in total. The van der Waals surface area contributed by atoms with Gasteiger partial charge >= 0.3 is 0 Å². The number of fused-ring (bicyclic) bond motifs is 1. The number of sulfone groups is 1. The Morgan fingerprint density at radius 2 is 1.93 bits per heavy atom. The van der Waals surface area contributed by atoms with E-state index in [1.165, 1.54) is 28.4 Å². The van der Waals surface area contributed by atoms with Crippen molar-refractivity contribution in [1.82, 2.24) is 4.98 Å². The minimum absolute atomic E-state index is 0.101. The van der Waals surface area contributed by atoms with Crippen molar-refractivity contribution in [2.45, 2.75) is 24.8 Å². The molecule has 0 aliphatic heterocycles. The molecule has 2 aromatic heterocycles. The molecule has 4 rings (SSSR count). The first kappa shape index (κ1) is 20.3. The standard InChI is InChI=1S/C22H20N2O4S2/c1-3-15-7-5-11-19-20(15)23-22(29-19)24(14-17-9-6-12-28-17)21(25)16-8-4-10-18(13-16)30(2,26)27/h4-13H,3,14H2,1-2H3. The van der Waals surface area contributed by atoms with E-state index < -0.39 is 9.84 Å². The van der Waals surface area contributed by atoms with Crippen LogP contribution in [0.3, 0.4) is 0 Å². The third-order valence-corrected chi connectivity index (χ3v) is 6.91. The molecule has 0 fully saturated rings. The van der Waals surface area contributed by atoms with Crippen LogP contribution in [0.5, 0.6) is 0 Å². The molecular formula is C22H20N2O4S2. The summed E-state index contributed by atoms with van der Waals surface area (Å²) in [6, 6.07) is 15.6. The van der Waals surface area contributed by atoms with Gasteiger partial charge in [-0.05, 0) is 48.4 Å². The summed E-state index contributed by atoms with van der Waals surface area (Å²) in [6.45, 7) is 2.26. The molecule has 0 aliphatic rings. The number of nitrogens with zero attached hydrogens (tertiary/aromatic N) is 2. The van der Waals surface area contributed by atoms with Crippen LogP contribution in [0.15, 0.2) is 70.2 Å². The SMILES string of the molecule is CCc1cccc2sc(N(Cc3ccco3)C(=O)c3cccc(S(C)(=O)=O)c3)nc12. The van der Waals surface area contributed by atoms with Gasteiger partial charge in [0, 0.05) is 11.8 Å². The van der Waals surface area contributed by atoms with E-state index in [2.05, 4.69) is 6.92 Å². The average molecular weight is 441 g/mol. The maximum absolute atomic E-state index is 13.4. The van der Waals surface area contributed by atoms with Crippen LogP contribution in [0, 0.1) is 0 Å². The Hall–Kier alpha value is -2.97. The second kappa shape index (κ2) is 8.04. The van der Waals surface area contributed by atoms with E-state index in [1.54, 1.807) is 30.5 Å². The van der Waals surface area contributed by atoms with Crippen LogP contribution >= 0.6 is 11.3 Å². The van der Waals surface area contributed by atoms with E-state index in [1.807, 2.05) is 18.2 Å². The monoisotopic (exact) mass is 440 g/mol. The average Bonchev–Trinajstić information content (AvgIpc) is 3.40. The highest BCUT2D eigenvalue weighted by atomic mass is 32.2. The summed E-state index contributed by atoms with van der Waals surface area (Å²) in [6.07, 6.45) is 3.51. The lowest BCUT2D eigenvalue weighted by atomic mass is 10.1. The molecule has 0 saturated carbocycles. The second-order valence-corrected chi connectivity index (χ2v) is 9.91. The number of aryl methyl sites for hydroxylation is 1. The van der Waals surface area contributed by atoms with Gasteiger partial charge in [-0.15, -0.1) is 0 Å². The Balaban J connectivity index is 1.80. The molecule has 4 aromatic rings. The van der Waals surface area contributed by atoms with Crippen molar-refractivity contribution < 1.29 is 17.6 Å². The topological polar surface area (TPSA) is 80.5 Å². The Morgan fingerprint density at radius 1 is 1.13 bits per heavy atom. The number of carbonyl (C=O) groups is 1. The molecule has 0 saturated heterocycles. The first-order valence-corrected chi connectivity index (χ1v) is 12.1. The summed E-state index contributed by atoms with van der Waals surface area (Å²) in [7, 11) is -3.43. The molecular weight excluding hydrogens is 420 g/mol. The van der Waals surface area contributed by atoms with Crippen LogP contribution in [-0.4, -0.2) is 25.6 Å². The molecule has 154 valence electrons. The van der Waals surface area contributed by atoms with E-state index in [0.717, 1.165) is 28.5 Å². The molecule has 8 heteroatoms. The molecule has 1 amide bonds. The van der Waals surface area contributed by atoms with Crippen molar-refractivity contribution in [2.24, 2.45) is 0 Å². The van der Waals surface area contributed by atoms with Gasteiger partial charge in [-0.1, -0.05) is 36.5 Å². The third kappa shape index (κ3) is 4.01. The van der Waals surface area contributed by atoms with Gasteiger partial charge in [0.05, 0.1) is 27.9 Å². The summed E-state index contributed by atoms with van der Waals surface area (Å²) in [5, 5.41) is 0.539. The molecule has 30 heavy (non-hydrogen) atoms. The minimum atomic E-state index is -3.43. The summed E-state index contributed by atoms with van der Waals surface area (Å²) < 4.78 is 30.3. The zero-order chi connectivity index (χ0) is 21.3. The van der Waals surface area contributed by atoms with Gasteiger partial charge in [0.15, 0.2) is 15.0 Å². The van der Waals surface area contributed by atoms with Gasteiger partial charge < -0.3 is 4.42 Å². The number of para-hydroxylation sites is 1. The Bertz CT molecular complexity index is 1310. The zero-order valence-corrected chi connectivity index (χ0v) is 18.2. The van der Waals surface area contributed by atoms with Crippen LogP contribution in [0.4, 0.5) is 5.13 Å². The second-order valence-electron chi connectivity index (χ2n) is 6.88. The first-order chi connectivity index (χ1) is 14.4. The zero-order valence-electron chi connectivity index (χ0n) is 16.5. The van der Waals surface area contributed by atoms with Crippen LogP contribution in [0.25, 0.3) is 10.2 Å². The fraction of sp³-hybridized carbons (Fsp3) is 0.182. The highest BCUT2D eigenvalue weighted by molar-refractivity contribution is 7.90. The number of amides is 1. The van der Waals surface area contributed by atoms with E-state index in [0.29, 0.717) is 10.9 Å². The van der Waals surface area contributed by atoms with Crippen LogP contribution in [0.2, 0.25) is 0 Å². The fourth-order valence-electron chi connectivity index (χ4n) is 3.19. The number of anilines is 1. The van der Waals surface area contributed by atoms with E-state index in [9.17, 15) is 13.2 Å². The lowest BCUT2D eigenvalue weighted by Gasteiger charge is -2.19. The third-order valence-electron chi connectivity index (χ3n) is 4.75. The molecule has 2 aromatic carbocycles. The quantitative estimate of drug-likeness (QED) is 0.434. The fourth-order valence-corrected chi connectivity index (χ4v) is 4.87. The highest BCUT2D eigenvalue weighted by Crippen LogP contribution is 2.33. The van der Waals surface area contributed by atoms with Crippen molar-refractivity contribution in [3.8, 4) is 0 Å². The summed E-state index contributed by atoms with van der Waals surface area (Å²) in [5.74, 6) is 0.270. The van der Waals surface area contributed by atoms with E-state index in [4.69, 9.17) is 9.40 Å². The van der Waals surface area contributed by atoms with Crippen molar-refractivity contribution in [3.63, 3.8) is 0 Å². The van der Waals surface area contributed by atoms with E-state index in [-0.39, 0.29) is 22.9 Å². The number of furan rings is 1. The molecule has 0 bridgehead atoms. The van der Waals surface area contributed by atoms with E-state index >= 15 is 0 Å². The van der Waals surface area contributed by atoms with Crippen LogP contribution in [0.1, 0.15) is 28.6 Å². The van der Waals surface area contributed by atoms with Crippen molar-refractivity contribution in [1.29, 1.82) is 0 Å². The molecule has 0 aliphatic carbocycles. The maximum atomic E-state index is 13.4. The van der Waals surface area contributed by atoms with Gasteiger partial charge in [0.1, 0.15) is 5.76 Å². The van der Waals surface area contributed by atoms with Crippen LogP contribution < -0.4 is 4.90 Å². The number of hydrogen-bond donors (Lipinski definition) is 0. The Labute approximate surface area is 178 Å². The van der Waals surface area contributed by atoms with Crippen molar-refractivity contribution in [3.05, 3.63) is 77.7 Å². The van der Waals surface area contributed by atoms with Gasteiger partial charge in [-0.25, -0.2) is 13.4 Å². The smallest absolute Gasteiger partial charge is 0.260 e. The minimum Gasteiger partial charge on any atom is -0.467 e. The number of benzene rings is 2.